The molecule has 0 aliphatic carbocycles. The number of likely N-dealkylation sites (N-methyl/N-ethyl adjacent to an activating group) is 1. The molecule has 0 saturated carbocycles. The fraction of sp³-hybridized carbons (Fsp3) is 0.625. The van der Waals surface area contributed by atoms with Crippen LogP contribution < -0.4 is 4.90 Å². The third kappa shape index (κ3) is 5.09. The van der Waals surface area contributed by atoms with Gasteiger partial charge in [0.1, 0.15) is 6.29 Å². The summed E-state index contributed by atoms with van der Waals surface area (Å²) in [5, 5.41) is 0. The van der Waals surface area contributed by atoms with Crippen LogP contribution in [0.15, 0.2) is 24.3 Å². The summed E-state index contributed by atoms with van der Waals surface area (Å²) in [6.45, 7) is 6.67. The van der Waals surface area contributed by atoms with Crippen molar-refractivity contribution in [1.82, 2.24) is 14.7 Å². The highest BCUT2D eigenvalue weighted by atomic mass is 16.2. The number of likely N-dealkylation sites (tertiary alicyclic amines) is 1. The van der Waals surface area contributed by atoms with Crippen LogP contribution in [-0.4, -0.2) is 92.2 Å². The van der Waals surface area contributed by atoms with Gasteiger partial charge in [0, 0.05) is 75.4 Å². The van der Waals surface area contributed by atoms with E-state index in [0.717, 1.165) is 76.9 Å². The van der Waals surface area contributed by atoms with E-state index in [1.165, 1.54) is 0 Å². The minimum atomic E-state index is 0.0728. The highest BCUT2D eigenvalue weighted by Crippen LogP contribution is 2.27. The predicted octanol–water partition coefficient (Wildman–Crippen LogP) is 1.73. The number of carbonyl (C=O) groups is 3. The fourth-order valence-electron chi connectivity index (χ4n) is 5.04. The Morgan fingerprint density at radius 1 is 0.742 bits per heavy atom. The van der Waals surface area contributed by atoms with Crippen molar-refractivity contribution in [3.8, 4) is 0 Å². The van der Waals surface area contributed by atoms with Crippen LogP contribution in [0.2, 0.25) is 0 Å². The first kappa shape index (κ1) is 21.8. The molecular weight excluding hydrogens is 392 g/mol. The number of piperidine rings is 2. The molecule has 7 heteroatoms. The van der Waals surface area contributed by atoms with Crippen molar-refractivity contribution in [3.05, 3.63) is 29.8 Å². The number of anilines is 1. The zero-order chi connectivity index (χ0) is 21.8. The quantitative estimate of drug-likeness (QED) is 0.686. The van der Waals surface area contributed by atoms with Gasteiger partial charge >= 0.3 is 0 Å². The number of rotatable bonds is 4. The molecule has 3 heterocycles. The molecule has 3 fully saturated rings. The monoisotopic (exact) mass is 426 g/mol. The van der Waals surface area contributed by atoms with Crippen LogP contribution in [0, 0.1) is 11.8 Å². The molecule has 168 valence electrons. The van der Waals surface area contributed by atoms with Gasteiger partial charge in [0.25, 0.3) is 0 Å². The average molecular weight is 427 g/mol. The maximum absolute atomic E-state index is 13.1. The maximum Gasteiger partial charge on any atom is 0.225 e. The minimum Gasteiger partial charge on any atom is -0.371 e. The molecule has 3 saturated heterocycles. The molecule has 0 aromatic heterocycles. The summed E-state index contributed by atoms with van der Waals surface area (Å²) in [7, 11) is 2.10. The van der Waals surface area contributed by atoms with Crippen molar-refractivity contribution < 1.29 is 14.4 Å². The molecule has 3 aliphatic heterocycles. The van der Waals surface area contributed by atoms with E-state index in [-0.39, 0.29) is 23.7 Å². The highest BCUT2D eigenvalue weighted by Gasteiger charge is 2.34. The Morgan fingerprint density at radius 2 is 1.23 bits per heavy atom. The summed E-state index contributed by atoms with van der Waals surface area (Å²) < 4.78 is 0. The Kier molecular flexibility index (Phi) is 6.90. The van der Waals surface area contributed by atoms with E-state index in [1.807, 2.05) is 34.1 Å². The Bertz CT molecular complexity index is 773. The number of hydrogen-bond acceptors (Lipinski definition) is 5. The van der Waals surface area contributed by atoms with Gasteiger partial charge in [-0.1, -0.05) is 0 Å². The molecule has 0 bridgehead atoms. The molecule has 2 amide bonds. The molecule has 31 heavy (non-hydrogen) atoms. The van der Waals surface area contributed by atoms with Crippen LogP contribution in [-0.2, 0) is 9.59 Å². The Labute approximate surface area is 185 Å². The van der Waals surface area contributed by atoms with E-state index in [9.17, 15) is 14.4 Å². The van der Waals surface area contributed by atoms with Crippen LogP contribution >= 0.6 is 0 Å². The normalized spacial score (nSPS) is 21.9. The summed E-state index contributed by atoms with van der Waals surface area (Å²) in [6.07, 6.45) is 4.15. The second kappa shape index (κ2) is 9.81. The molecule has 0 radical (unpaired) electrons. The molecule has 0 atom stereocenters. The minimum absolute atomic E-state index is 0.0728. The Morgan fingerprint density at radius 3 is 1.74 bits per heavy atom. The van der Waals surface area contributed by atoms with Gasteiger partial charge in [0.15, 0.2) is 0 Å². The van der Waals surface area contributed by atoms with Crippen molar-refractivity contribution in [3.63, 3.8) is 0 Å². The SMILES string of the molecule is CN1CCN(C(=O)C2CCN(C(=O)C3CCN(c4ccc(C=O)cc4)CC3)CC2)CC1. The van der Waals surface area contributed by atoms with Gasteiger partial charge in [-0.2, -0.15) is 0 Å². The van der Waals surface area contributed by atoms with E-state index in [1.54, 1.807) is 0 Å². The highest BCUT2D eigenvalue weighted by molar-refractivity contribution is 5.81. The van der Waals surface area contributed by atoms with Crippen molar-refractivity contribution in [1.29, 1.82) is 0 Å². The molecule has 1 aromatic rings. The van der Waals surface area contributed by atoms with Gasteiger partial charge in [0.05, 0.1) is 0 Å². The number of benzene rings is 1. The fourth-order valence-corrected chi connectivity index (χ4v) is 5.04. The first-order valence-corrected chi connectivity index (χ1v) is 11.6. The van der Waals surface area contributed by atoms with Gasteiger partial charge in [-0.3, -0.25) is 14.4 Å². The molecule has 0 spiro atoms. The van der Waals surface area contributed by atoms with E-state index >= 15 is 0 Å². The lowest BCUT2D eigenvalue weighted by Crippen LogP contribution is -2.51. The second-order valence-electron chi connectivity index (χ2n) is 9.20. The first-order chi connectivity index (χ1) is 15.0. The zero-order valence-electron chi connectivity index (χ0n) is 18.5. The topological polar surface area (TPSA) is 64.2 Å². The number of piperazine rings is 1. The van der Waals surface area contributed by atoms with Crippen molar-refractivity contribution >= 4 is 23.8 Å². The van der Waals surface area contributed by atoms with E-state index in [0.29, 0.717) is 18.7 Å². The maximum atomic E-state index is 13.1. The lowest BCUT2D eigenvalue weighted by Gasteiger charge is -2.39. The largest absolute Gasteiger partial charge is 0.371 e. The van der Waals surface area contributed by atoms with E-state index in [2.05, 4.69) is 16.8 Å². The average Bonchev–Trinajstić information content (AvgIpc) is 2.84. The number of amides is 2. The van der Waals surface area contributed by atoms with Crippen LogP contribution in [0.1, 0.15) is 36.0 Å². The zero-order valence-corrected chi connectivity index (χ0v) is 18.5. The van der Waals surface area contributed by atoms with Crippen LogP contribution in [0.5, 0.6) is 0 Å². The molecule has 3 aliphatic rings. The third-order valence-corrected chi connectivity index (χ3v) is 7.21. The summed E-state index contributed by atoms with van der Waals surface area (Å²) in [5.41, 5.74) is 1.79. The van der Waals surface area contributed by atoms with Crippen LogP contribution in [0.4, 0.5) is 5.69 Å². The molecular formula is C24H34N4O3. The standard InChI is InChI=1S/C24H34N4O3/c1-25-14-16-28(17-15-25)24(31)21-8-12-27(13-9-21)23(30)20-6-10-26(11-7-20)22-4-2-19(18-29)3-5-22/h2-5,18,20-21H,6-17H2,1H3. The van der Waals surface area contributed by atoms with Crippen LogP contribution in [0.25, 0.3) is 0 Å². The molecule has 0 unspecified atom stereocenters. The molecule has 4 rings (SSSR count). The van der Waals surface area contributed by atoms with Gasteiger partial charge < -0.3 is 19.6 Å². The van der Waals surface area contributed by atoms with Crippen molar-refractivity contribution in [2.75, 3.05) is 64.3 Å². The number of aldehydes is 1. The third-order valence-electron chi connectivity index (χ3n) is 7.21. The van der Waals surface area contributed by atoms with Crippen molar-refractivity contribution in [2.24, 2.45) is 11.8 Å². The molecule has 0 N–H and O–H groups in total. The summed E-state index contributed by atoms with van der Waals surface area (Å²) in [6, 6.07) is 7.64. The van der Waals surface area contributed by atoms with Gasteiger partial charge in [0.2, 0.25) is 11.8 Å². The summed E-state index contributed by atoms with van der Waals surface area (Å²) >= 11 is 0. The number of hydrogen-bond donors (Lipinski definition) is 0. The van der Waals surface area contributed by atoms with Gasteiger partial charge in [-0.05, 0) is 57.0 Å². The summed E-state index contributed by atoms with van der Waals surface area (Å²) in [5.74, 6) is 0.703. The van der Waals surface area contributed by atoms with Gasteiger partial charge in [-0.25, -0.2) is 0 Å². The van der Waals surface area contributed by atoms with Crippen molar-refractivity contribution in [2.45, 2.75) is 25.7 Å². The Balaban J connectivity index is 1.23. The van der Waals surface area contributed by atoms with Crippen LogP contribution in [0.3, 0.4) is 0 Å². The van der Waals surface area contributed by atoms with E-state index < -0.39 is 0 Å². The number of carbonyl (C=O) groups excluding carboxylic acids is 3. The lowest BCUT2D eigenvalue weighted by atomic mass is 9.91. The predicted molar refractivity (Wildman–Crippen MR) is 120 cm³/mol. The molecule has 1 aromatic carbocycles. The lowest BCUT2D eigenvalue weighted by molar-refractivity contribution is -0.143. The molecule has 7 nitrogen and oxygen atoms in total. The number of nitrogens with zero attached hydrogens (tertiary/aromatic N) is 4. The summed E-state index contributed by atoms with van der Waals surface area (Å²) in [4.78, 5) is 45.3. The second-order valence-corrected chi connectivity index (χ2v) is 9.20. The smallest absolute Gasteiger partial charge is 0.225 e. The van der Waals surface area contributed by atoms with Gasteiger partial charge in [-0.15, -0.1) is 0 Å². The Hall–Kier alpha value is -2.41. The van der Waals surface area contributed by atoms with E-state index in [4.69, 9.17) is 0 Å². The first-order valence-electron chi connectivity index (χ1n) is 11.6.